The van der Waals surface area contributed by atoms with E-state index in [1.54, 1.807) is 7.11 Å². The highest BCUT2D eigenvalue weighted by Gasteiger charge is 2.06. The lowest BCUT2D eigenvalue weighted by atomic mass is 10.1. The summed E-state index contributed by atoms with van der Waals surface area (Å²) in [6, 6.07) is 11.6. The predicted octanol–water partition coefficient (Wildman–Crippen LogP) is 3.84. The zero-order valence-corrected chi connectivity index (χ0v) is 11.7. The molecule has 3 aromatic rings. The summed E-state index contributed by atoms with van der Waals surface area (Å²) in [7, 11) is 1.66. The molecule has 1 aromatic heterocycles. The van der Waals surface area contributed by atoms with Crippen molar-refractivity contribution in [2.24, 2.45) is 0 Å². The van der Waals surface area contributed by atoms with Crippen molar-refractivity contribution in [1.29, 1.82) is 0 Å². The first-order chi connectivity index (χ1) is 9.78. The standard InChI is InChI=1S/C15H14ClN3O/c1-20-15-6-5-11(16)7-10(15)8-17-13-3-2-4-14-12(13)9-18-19-14/h2-7,9,17H,8H2,1H3,(H,18,19). The molecule has 0 aliphatic heterocycles. The number of H-pyrrole nitrogens is 1. The molecule has 102 valence electrons. The Morgan fingerprint density at radius 2 is 2.20 bits per heavy atom. The number of nitrogens with zero attached hydrogens (tertiary/aromatic N) is 1. The number of aromatic amines is 1. The first kappa shape index (κ1) is 12.8. The Hall–Kier alpha value is -2.20. The van der Waals surface area contributed by atoms with Crippen LogP contribution in [0.2, 0.25) is 5.02 Å². The van der Waals surface area contributed by atoms with Crippen LogP contribution in [0.5, 0.6) is 5.75 Å². The number of hydrogen-bond acceptors (Lipinski definition) is 3. The fraction of sp³-hybridized carbons (Fsp3) is 0.133. The van der Waals surface area contributed by atoms with Crippen LogP contribution in [0.15, 0.2) is 42.6 Å². The summed E-state index contributed by atoms with van der Waals surface area (Å²) in [5.74, 6) is 0.821. The van der Waals surface area contributed by atoms with Crippen LogP contribution in [0.3, 0.4) is 0 Å². The molecule has 0 saturated carbocycles. The van der Waals surface area contributed by atoms with E-state index in [1.807, 2.05) is 42.6 Å². The normalized spacial score (nSPS) is 10.7. The number of halogens is 1. The van der Waals surface area contributed by atoms with Gasteiger partial charge in [0.15, 0.2) is 0 Å². The molecule has 3 rings (SSSR count). The van der Waals surface area contributed by atoms with Crippen molar-refractivity contribution in [3.63, 3.8) is 0 Å². The van der Waals surface area contributed by atoms with Crippen LogP contribution in [0, 0.1) is 0 Å². The van der Waals surface area contributed by atoms with Gasteiger partial charge in [0.1, 0.15) is 5.75 Å². The summed E-state index contributed by atoms with van der Waals surface area (Å²) in [5, 5.41) is 12.2. The second-order valence-electron chi connectivity index (χ2n) is 4.45. The number of rotatable bonds is 4. The van der Waals surface area contributed by atoms with Crippen LogP contribution in [-0.4, -0.2) is 17.3 Å². The van der Waals surface area contributed by atoms with E-state index >= 15 is 0 Å². The van der Waals surface area contributed by atoms with Gasteiger partial charge in [0.05, 0.1) is 18.8 Å². The lowest BCUT2D eigenvalue weighted by Crippen LogP contribution is -2.02. The monoisotopic (exact) mass is 287 g/mol. The smallest absolute Gasteiger partial charge is 0.123 e. The van der Waals surface area contributed by atoms with E-state index in [0.29, 0.717) is 11.6 Å². The molecule has 0 amide bonds. The van der Waals surface area contributed by atoms with Gasteiger partial charge in [-0.25, -0.2) is 0 Å². The molecule has 0 saturated heterocycles. The molecular formula is C15H14ClN3O. The minimum absolute atomic E-state index is 0.633. The summed E-state index contributed by atoms with van der Waals surface area (Å²) >= 11 is 6.03. The van der Waals surface area contributed by atoms with Gasteiger partial charge >= 0.3 is 0 Å². The number of anilines is 1. The summed E-state index contributed by atoms with van der Waals surface area (Å²) in [4.78, 5) is 0. The van der Waals surface area contributed by atoms with Crippen LogP contribution in [0.1, 0.15) is 5.56 Å². The third kappa shape index (κ3) is 2.42. The van der Waals surface area contributed by atoms with Crippen molar-refractivity contribution in [1.82, 2.24) is 10.2 Å². The van der Waals surface area contributed by atoms with Gasteiger partial charge in [-0.1, -0.05) is 17.7 Å². The van der Waals surface area contributed by atoms with Gasteiger partial charge in [-0.2, -0.15) is 5.10 Å². The van der Waals surface area contributed by atoms with Crippen LogP contribution in [0.4, 0.5) is 5.69 Å². The second-order valence-corrected chi connectivity index (χ2v) is 4.88. The van der Waals surface area contributed by atoms with Crippen molar-refractivity contribution in [3.05, 3.63) is 53.2 Å². The summed E-state index contributed by atoms with van der Waals surface area (Å²) < 4.78 is 5.34. The molecule has 0 atom stereocenters. The Labute approximate surface area is 121 Å². The minimum Gasteiger partial charge on any atom is -0.496 e. The highest BCUT2D eigenvalue weighted by atomic mass is 35.5. The molecule has 0 bridgehead atoms. The van der Waals surface area contributed by atoms with E-state index in [2.05, 4.69) is 15.5 Å². The SMILES string of the molecule is COc1ccc(Cl)cc1CNc1cccc2[nH]ncc12. The molecule has 0 unspecified atom stereocenters. The van der Waals surface area contributed by atoms with Crippen molar-refractivity contribution in [2.45, 2.75) is 6.54 Å². The Morgan fingerprint density at radius 3 is 3.05 bits per heavy atom. The molecule has 0 fully saturated rings. The number of benzene rings is 2. The fourth-order valence-electron chi connectivity index (χ4n) is 2.20. The summed E-state index contributed by atoms with van der Waals surface area (Å²) in [5.41, 5.74) is 3.05. The third-order valence-corrected chi connectivity index (χ3v) is 3.43. The first-order valence-corrected chi connectivity index (χ1v) is 6.64. The first-order valence-electron chi connectivity index (χ1n) is 6.26. The van der Waals surface area contributed by atoms with Crippen LogP contribution in [0.25, 0.3) is 10.9 Å². The minimum atomic E-state index is 0.633. The molecule has 4 nitrogen and oxygen atoms in total. The molecule has 5 heteroatoms. The number of nitrogens with one attached hydrogen (secondary N) is 2. The highest BCUT2D eigenvalue weighted by molar-refractivity contribution is 6.30. The Morgan fingerprint density at radius 1 is 1.30 bits per heavy atom. The van der Waals surface area contributed by atoms with E-state index in [4.69, 9.17) is 16.3 Å². The van der Waals surface area contributed by atoms with E-state index in [0.717, 1.165) is 27.9 Å². The predicted molar refractivity (Wildman–Crippen MR) is 81.4 cm³/mol. The number of aromatic nitrogens is 2. The van der Waals surface area contributed by atoms with Crippen molar-refractivity contribution in [3.8, 4) is 5.75 Å². The Bertz CT molecular complexity index is 739. The van der Waals surface area contributed by atoms with E-state index < -0.39 is 0 Å². The third-order valence-electron chi connectivity index (χ3n) is 3.20. The second kappa shape index (κ2) is 5.43. The van der Waals surface area contributed by atoms with Crippen LogP contribution < -0.4 is 10.1 Å². The Kier molecular flexibility index (Phi) is 3.48. The van der Waals surface area contributed by atoms with Crippen molar-refractivity contribution >= 4 is 28.2 Å². The van der Waals surface area contributed by atoms with E-state index in [1.165, 1.54) is 0 Å². The quantitative estimate of drug-likeness (QED) is 0.766. The average molecular weight is 288 g/mol. The Balaban J connectivity index is 1.86. The topological polar surface area (TPSA) is 49.9 Å². The molecule has 0 aliphatic rings. The van der Waals surface area contributed by atoms with Gasteiger partial charge in [0.2, 0.25) is 0 Å². The molecule has 1 heterocycles. The van der Waals surface area contributed by atoms with E-state index in [9.17, 15) is 0 Å². The molecule has 2 aromatic carbocycles. The zero-order valence-electron chi connectivity index (χ0n) is 11.0. The molecule has 0 radical (unpaired) electrons. The van der Waals surface area contributed by atoms with Gasteiger partial charge in [0, 0.05) is 28.2 Å². The van der Waals surface area contributed by atoms with Gasteiger partial charge < -0.3 is 10.1 Å². The number of fused-ring (bicyclic) bond motifs is 1. The van der Waals surface area contributed by atoms with Gasteiger partial charge in [0.25, 0.3) is 0 Å². The van der Waals surface area contributed by atoms with Crippen molar-refractivity contribution < 1.29 is 4.74 Å². The maximum Gasteiger partial charge on any atom is 0.123 e. The largest absolute Gasteiger partial charge is 0.496 e. The fourth-order valence-corrected chi connectivity index (χ4v) is 2.39. The number of methoxy groups -OCH3 is 1. The molecular weight excluding hydrogens is 274 g/mol. The summed E-state index contributed by atoms with van der Waals surface area (Å²) in [6.07, 6.45) is 1.81. The zero-order chi connectivity index (χ0) is 13.9. The van der Waals surface area contributed by atoms with Crippen LogP contribution in [-0.2, 0) is 6.54 Å². The lowest BCUT2D eigenvalue weighted by molar-refractivity contribution is 0.410. The van der Waals surface area contributed by atoms with Gasteiger partial charge in [-0.05, 0) is 30.3 Å². The molecule has 0 spiro atoms. The van der Waals surface area contributed by atoms with Gasteiger partial charge in [-0.15, -0.1) is 0 Å². The van der Waals surface area contributed by atoms with Gasteiger partial charge in [-0.3, -0.25) is 5.10 Å². The average Bonchev–Trinajstić information content (AvgIpc) is 2.94. The molecule has 0 aliphatic carbocycles. The van der Waals surface area contributed by atoms with E-state index in [-0.39, 0.29) is 0 Å². The number of ether oxygens (including phenoxy) is 1. The maximum atomic E-state index is 6.03. The maximum absolute atomic E-state index is 6.03. The lowest BCUT2D eigenvalue weighted by Gasteiger charge is -2.11. The molecule has 20 heavy (non-hydrogen) atoms. The molecule has 2 N–H and O–H groups in total. The number of hydrogen-bond donors (Lipinski definition) is 2. The summed E-state index contributed by atoms with van der Waals surface area (Å²) in [6.45, 7) is 0.633. The highest BCUT2D eigenvalue weighted by Crippen LogP contribution is 2.26. The van der Waals surface area contributed by atoms with Crippen molar-refractivity contribution in [2.75, 3.05) is 12.4 Å². The van der Waals surface area contributed by atoms with Crippen LogP contribution >= 0.6 is 11.6 Å².